The Kier molecular flexibility index (Phi) is 9.32. The Bertz CT molecular complexity index is 924. The number of hydrogen-bond donors (Lipinski definition) is 4. The summed E-state index contributed by atoms with van der Waals surface area (Å²) in [7, 11) is 0. The Balaban J connectivity index is 0.00000114. The molecule has 1 saturated heterocycles. The number of hydrazine groups is 1. The molecule has 1 aromatic heterocycles. The molecule has 32 heavy (non-hydrogen) atoms. The number of aromatic nitrogens is 1. The number of rotatable bonds is 7. The van der Waals surface area contributed by atoms with E-state index in [4.69, 9.17) is 21.4 Å². The molecule has 0 spiro atoms. The lowest BCUT2D eigenvalue weighted by Crippen LogP contribution is -2.55. The zero-order valence-corrected chi connectivity index (χ0v) is 18.4. The van der Waals surface area contributed by atoms with Crippen molar-refractivity contribution in [3.05, 3.63) is 48.0 Å². The van der Waals surface area contributed by atoms with E-state index in [1.165, 1.54) is 28.7 Å². The molecule has 0 aliphatic carbocycles. The third kappa shape index (κ3) is 6.36. The van der Waals surface area contributed by atoms with Gasteiger partial charge in [-0.25, -0.2) is 20.1 Å². The number of nitrogens with two attached hydrogens (primary N) is 2. The number of nitrogens with zero attached hydrogens (tertiary/aromatic N) is 4. The Labute approximate surface area is 186 Å². The molecule has 1 amide bonds. The molecular weight excluding hydrogens is 417 g/mol. The minimum absolute atomic E-state index is 0.134. The van der Waals surface area contributed by atoms with Crippen molar-refractivity contribution in [2.75, 3.05) is 31.1 Å². The monoisotopic (exact) mass is 448 g/mol. The molecule has 1 aliphatic rings. The largest absolute Gasteiger partial charge is 0.441 e. The van der Waals surface area contributed by atoms with E-state index in [9.17, 15) is 9.18 Å². The molecular formula is C21H31FN7O3+. The van der Waals surface area contributed by atoms with Gasteiger partial charge < -0.3 is 21.3 Å². The van der Waals surface area contributed by atoms with Crippen molar-refractivity contribution in [2.45, 2.75) is 26.4 Å². The molecule has 2 aromatic rings. The van der Waals surface area contributed by atoms with Gasteiger partial charge in [0.2, 0.25) is 0 Å². The second-order valence-corrected chi connectivity index (χ2v) is 7.10. The van der Waals surface area contributed by atoms with E-state index >= 15 is 0 Å². The van der Waals surface area contributed by atoms with Crippen molar-refractivity contribution in [3.8, 4) is 11.1 Å². The van der Waals surface area contributed by atoms with Crippen LogP contribution in [0.5, 0.6) is 0 Å². The highest BCUT2D eigenvalue weighted by molar-refractivity contribution is 5.95. The predicted octanol–water partition coefficient (Wildman–Crippen LogP) is 0.659. The Morgan fingerprint density at radius 2 is 2.12 bits per heavy atom. The van der Waals surface area contributed by atoms with Crippen LogP contribution < -0.4 is 22.2 Å². The minimum Gasteiger partial charge on any atom is -0.441 e. The standard InChI is InChI=1S/C18H22FN7O3.C3H8/c19-15-7-12(25-9-13(10-27)29-18(25)28)2-3-14(15)11-1-4-16(23-8-11)17(21)24-26(22)6-5-20;1-3-2/h1-4,7-8,13,27H,5-6,9-10,20,22H2,(H2,21,24);3H2,1-2H3/p+1. The van der Waals surface area contributed by atoms with Gasteiger partial charge in [0.25, 0.3) is 0 Å². The normalized spacial score (nSPS) is 15.8. The molecule has 10 nitrogen and oxygen atoms in total. The van der Waals surface area contributed by atoms with Crippen LogP contribution in [0.3, 0.4) is 0 Å². The number of amides is 1. The number of cyclic esters (lactones) is 1. The zero-order chi connectivity index (χ0) is 23.7. The second kappa shape index (κ2) is 11.9. The van der Waals surface area contributed by atoms with Gasteiger partial charge in [-0.05, 0) is 24.3 Å². The average molecular weight is 449 g/mol. The smallest absolute Gasteiger partial charge is 0.414 e. The first kappa shape index (κ1) is 25.0. The lowest BCUT2D eigenvalue weighted by Gasteiger charge is -2.14. The number of amidine groups is 1. The molecule has 0 radical (unpaired) electrons. The van der Waals surface area contributed by atoms with Crippen LogP contribution in [0.2, 0.25) is 0 Å². The zero-order valence-electron chi connectivity index (χ0n) is 18.4. The molecule has 2 heterocycles. The quantitative estimate of drug-likeness (QED) is 0.210. The summed E-state index contributed by atoms with van der Waals surface area (Å²) in [5, 5.41) is 14.3. The van der Waals surface area contributed by atoms with E-state index in [2.05, 4.69) is 29.7 Å². The average Bonchev–Trinajstić information content (AvgIpc) is 3.15. The Hall–Kier alpha value is -3.28. The number of aliphatic hydroxyl groups is 1. The number of aliphatic hydroxyl groups excluding tert-OH is 1. The lowest BCUT2D eigenvalue weighted by atomic mass is 10.1. The maximum atomic E-state index is 14.7. The van der Waals surface area contributed by atoms with E-state index in [-0.39, 0.29) is 19.0 Å². The molecule has 1 fully saturated rings. The molecule has 0 saturated carbocycles. The van der Waals surface area contributed by atoms with Crippen molar-refractivity contribution in [2.24, 2.45) is 16.7 Å². The van der Waals surface area contributed by atoms with E-state index < -0.39 is 18.0 Å². The summed E-state index contributed by atoms with van der Waals surface area (Å²) in [5.74, 6) is 5.26. The van der Waals surface area contributed by atoms with Crippen molar-refractivity contribution >= 4 is 17.6 Å². The SMILES string of the molecule is CCC.N/C(=N\N(N)CC[NH3+])c1ccc(-c2ccc(N3CC(CO)OC3=O)cc2F)cn1. The number of carbonyl (C=O) groups is 1. The topological polar surface area (TPSA) is 158 Å². The first-order valence-corrected chi connectivity index (χ1v) is 10.3. The summed E-state index contributed by atoms with van der Waals surface area (Å²) in [6, 6.07) is 7.67. The number of anilines is 1. The van der Waals surface area contributed by atoms with Crippen LogP contribution in [0, 0.1) is 5.82 Å². The van der Waals surface area contributed by atoms with Gasteiger partial charge in [0.05, 0.1) is 25.4 Å². The second-order valence-electron chi connectivity index (χ2n) is 7.10. The summed E-state index contributed by atoms with van der Waals surface area (Å²) < 4.78 is 19.7. The van der Waals surface area contributed by atoms with Crippen LogP contribution >= 0.6 is 0 Å². The van der Waals surface area contributed by atoms with Crippen LogP contribution in [0.15, 0.2) is 41.6 Å². The first-order chi connectivity index (χ1) is 15.3. The number of pyridine rings is 1. The third-order valence-corrected chi connectivity index (χ3v) is 4.30. The number of halogens is 1. The highest BCUT2D eigenvalue weighted by Gasteiger charge is 2.32. The van der Waals surface area contributed by atoms with Crippen LogP contribution in [-0.4, -0.2) is 59.5 Å². The summed E-state index contributed by atoms with van der Waals surface area (Å²) in [4.78, 5) is 17.3. The van der Waals surface area contributed by atoms with E-state index in [1.54, 1.807) is 24.3 Å². The minimum atomic E-state index is -0.621. The number of quaternary nitrogens is 1. The molecule has 3 rings (SSSR count). The van der Waals surface area contributed by atoms with Gasteiger partial charge in [0.15, 0.2) is 5.84 Å². The summed E-state index contributed by atoms with van der Waals surface area (Å²) in [6.07, 6.45) is 1.49. The Morgan fingerprint density at radius 3 is 2.66 bits per heavy atom. The molecule has 11 heteroatoms. The fourth-order valence-electron chi connectivity index (χ4n) is 2.84. The van der Waals surface area contributed by atoms with Crippen LogP contribution in [0.1, 0.15) is 26.0 Å². The molecule has 8 N–H and O–H groups in total. The van der Waals surface area contributed by atoms with E-state index in [0.717, 1.165) is 0 Å². The number of carbonyl (C=O) groups excluding carboxylic acids is 1. The number of ether oxygens (including phenoxy) is 1. The van der Waals surface area contributed by atoms with Gasteiger partial charge in [0.1, 0.15) is 24.2 Å². The van der Waals surface area contributed by atoms with E-state index in [0.29, 0.717) is 35.6 Å². The van der Waals surface area contributed by atoms with Crippen LogP contribution in [-0.2, 0) is 4.74 Å². The molecule has 0 bridgehead atoms. The molecule has 174 valence electrons. The predicted molar refractivity (Wildman–Crippen MR) is 120 cm³/mol. The lowest BCUT2D eigenvalue weighted by molar-refractivity contribution is -0.369. The van der Waals surface area contributed by atoms with Gasteiger partial charge >= 0.3 is 6.09 Å². The fraction of sp³-hybridized carbons (Fsp3) is 0.381. The van der Waals surface area contributed by atoms with Crippen molar-refractivity contribution in [1.82, 2.24) is 10.1 Å². The van der Waals surface area contributed by atoms with Crippen LogP contribution in [0.25, 0.3) is 11.1 Å². The van der Waals surface area contributed by atoms with E-state index in [1.807, 2.05) is 0 Å². The van der Waals surface area contributed by atoms with Crippen LogP contribution in [0.4, 0.5) is 14.9 Å². The molecule has 1 aliphatic heterocycles. The van der Waals surface area contributed by atoms with Crippen molar-refractivity contribution < 1.29 is 24.8 Å². The summed E-state index contributed by atoms with van der Waals surface area (Å²) >= 11 is 0. The van der Waals surface area contributed by atoms with Gasteiger partial charge in [0, 0.05) is 17.3 Å². The number of hydrogen-bond acceptors (Lipinski definition) is 7. The highest BCUT2D eigenvalue weighted by Crippen LogP contribution is 2.28. The number of benzene rings is 1. The summed E-state index contributed by atoms with van der Waals surface area (Å²) in [5.41, 5.74) is 11.2. The summed E-state index contributed by atoms with van der Waals surface area (Å²) in [6.45, 7) is 5.14. The molecule has 1 aromatic carbocycles. The van der Waals surface area contributed by atoms with Gasteiger partial charge in [-0.1, -0.05) is 26.3 Å². The number of hydrazone groups is 1. The van der Waals surface area contributed by atoms with Gasteiger partial charge in [-0.2, -0.15) is 0 Å². The highest BCUT2D eigenvalue weighted by atomic mass is 19.1. The maximum absolute atomic E-state index is 14.7. The molecule has 1 unspecified atom stereocenters. The third-order valence-electron chi connectivity index (χ3n) is 4.30. The first-order valence-electron chi connectivity index (χ1n) is 10.3. The fourth-order valence-corrected chi connectivity index (χ4v) is 2.84. The maximum Gasteiger partial charge on any atom is 0.414 e. The van der Waals surface area contributed by atoms with Gasteiger partial charge in [-0.3, -0.25) is 9.88 Å². The van der Waals surface area contributed by atoms with Crippen molar-refractivity contribution in [1.29, 1.82) is 0 Å². The molecule has 1 atom stereocenters. The Morgan fingerprint density at radius 1 is 1.41 bits per heavy atom. The van der Waals surface area contributed by atoms with Crippen molar-refractivity contribution in [3.63, 3.8) is 0 Å². The van der Waals surface area contributed by atoms with Gasteiger partial charge in [-0.15, -0.1) is 5.10 Å².